The van der Waals surface area contributed by atoms with Crippen molar-refractivity contribution in [3.05, 3.63) is 27.7 Å². The highest BCUT2D eigenvalue weighted by Crippen LogP contribution is 2.32. The Bertz CT molecular complexity index is 552. The van der Waals surface area contributed by atoms with Crippen molar-refractivity contribution in [2.75, 3.05) is 0 Å². The number of carboxylic acids is 1. The third-order valence-corrected chi connectivity index (χ3v) is 2.23. The number of carbonyl (C=O) groups is 1. The lowest BCUT2D eigenvalue weighted by Crippen LogP contribution is -2.26. The molecule has 0 unspecified atom stereocenters. The highest BCUT2D eigenvalue weighted by atomic mass is 35.5. The van der Waals surface area contributed by atoms with Gasteiger partial charge in [-0.05, 0) is 12.1 Å². The number of halogens is 2. The summed E-state index contributed by atoms with van der Waals surface area (Å²) in [6.07, 6.45) is 0. The summed E-state index contributed by atoms with van der Waals surface area (Å²) in [4.78, 5) is 18.2. The molecule has 7 N–H and O–H groups in total. The fraction of sp³-hybridized carbons (Fsp3) is 0. The highest BCUT2D eigenvalue weighted by molar-refractivity contribution is 6.37. The van der Waals surface area contributed by atoms with E-state index in [1.165, 1.54) is 12.1 Å². The molecule has 0 spiro atoms. The van der Waals surface area contributed by atoms with Gasteiger partial charge in [-0.15, -0.1) is 0 Å². The van der Waals surface area contributed by atoms with Gasteiger partial charge in [-0.2, -0.15) is 4.99 Å². The van der Waals surface area contributed by atoms with Crippen LogP contribution < -0.4 is 17.2 Å². The largest absolute Gasteiger partial charge is 0.478 e. The van der Waals surface area contributed by atoms with Crippen LogP contribution in [-0.2, 0) is 0 Å². The monoisotopic (exact) mass is 289 g/mol. The fourth-order valence-corrected chi connectivity index (χ4v) is 1.65. The number of rotatable bonds is 2. The molecule has 1 aromatic rings. The van der Waals surface area contributed by atoms with E-state index in [1.54, 1.807) is 0 Å². The lowest BCUT2D eigenvalue weighted by atomic mass is 10.2. The van der Waals surface area contributed by atoms with Crippen LogP contribution in [0.25, 0.3) is 0 Å². The van der Waals surface area contributed by atoms with E-state index in [2.05, 4.69) is 9.98 Å². The van der Waals surface area contributed by atoms with E-state index in [4.69, 9.17) is 45.5 Å². The Morgan fingerprint density at radius 2 is 1.83 bits per heavy atom. The molecule has 0 bridgehead atoms. The van der Waals surface area contributed by atoms with E-state index in [9.17, 15) is 4.79 Å². The molecule has 0 saturated carbocycles. The van der Waals surface area contributed by atoms with Crippen molar-refractivity contribution in [2.24, 2.45) is 27.2 Å². The Hall–Kier alpha value is -1.99. The van der Waals surface area contributed by atoms with Crippen LogP contribution >= 0.6 is 23.2 Å². The Labute approximate surface area is 112 Å². The first-order chi connectivity index (χ1) is 8.31. The Balaban J connectivity index is 3.40. The number of guanidine groups is 2. The number of carboxylic acid groups (broad SMARTS) is 1. The minimum Gasteiger partial charge on any atom is -0.478 e. The van der Waals surface area contributed by atoms with Crippen LogP contribution in [0.5, 0.6) is 0 Å². The normalized spacial score (nSPS) is 11.1. The van der Waals surface area contributed by atoms with Crippen LogP contribution in [0.2, 0.25) is 10.0 Å². The van der Waals surface area contributed by atoms with Crippen LogP contribution in [0.4, 0.5) is 5.69 Å². The molecule has 0 heterocycles. The zero-order chi connectivity index (χ0) is 13.9. The smallest absolute Gasteiger partial charge is 0.338 e. The second kappa shape index (κ2) is 5.56. The van der Waals surface area contributed by atoms with Gasteiger partial charge >= 0.3 is 5.97 Å². The molecule has 7 nitrogen and oxygen atoms in total. The van der Waals surface area contributed by atoms with Crippen molar-refractivity contribution in [3.8, 4) is 0 Å². The lowest BCUT2D eigenvalue weighted by molar-refractivity contribution is 0.0698. The molecule has 96 valence electrons. The molecule has 18 heavy (non-hydrogen) atoms. The van der Waals surface area contributed by atoms with Gasteiger partial charge in [-0.25, -0.2) is 9.79 Å². The van der Waals surface area contributed by atoms with Gasteiger partial charge < -0.3 is 22.3 Å². The minimum atomic E-state index is -1.25. The standard InChI is InChI=1S/C9H9Cl2N5O2/c10-3-1-4(7(17)18)6(5(11)2-3)15-9(14)16-8(12)13/h1-2H,(H,17,18)(H6,12,13,14,15,16). The van der Waals surface area contributed by atoms with E-state index in [-0.39, 0.29) is 33.2 Å². The van der Waals surface area contributed by atoms with Gasteiger partial charge in [0.25, 0.3) is 0 Å². The molecular weight excluding hydrogens is 281 g/mol. The molecule has 0 radical (unpaired) electrons. The maximum atomic E-state index is 11.0. The number of nitrogens with zero attached hydrogens (tertiary/aromatic N) is 2. The summed E-state index contributed by atoms with van der Waals surface area (Å²) >= 11 is 11.5. The van der Waals surface area contributed by atoms with Gasteiger partial charge in [0.15, 0.2) is 5.96 Å². The average Bonchev–Trinajstić information content (AvgIpc) is 2.20. The first kappa shape index (κ1) is 14.1. The third-order valence-electron chi connectivity index (χ3n) is 1.73. The molecule has 0 aliphatic heterocycles. The van der Waals surface area contributed by atoms with E-state index in [1.807, 2.05) is 0 Å². The number of aliphatic imine (C=N–C) groups is 2. The summed E-state index contributed by atoms with van der Waals surface area (Å²) < 4.78 is 0. The molecule has 0 aliphatic rings. The van der Waals surface area contributed by atoms with Gasteiger partial charge in [0.2, 0.25) is 5.96 Å². The Morgan fingerprint density at radius 1 is 1.22 bits per heavy atom. The van der Waals surface area contributed by atoms with Crippen molar-refractivity contribution >= 4 is 46.8 Å². The highest BCUT2D eigenvalue weighted by Gasteiger charge is 2.15. The molecule has 1 rings (SSSR count). The predicted molar refractivity (Wildman–Crippen MR) is 70.5 cm³/mol. The maximum absolute atomic E-state index is 11.0. The van der Waals surface area contributed by atoms with Crippen molar-refractivity contribution in [1.29, 1.82) is 0 Å². The summed E-state index contributed by atoms with van der Waals surface area (Å²) in [5.41, 5.74) is 15.3. The summed E-state index contributed by atoms with van der Waals surface area (Å²) in [6, 6.07) is 2.52. The summed E-state index contributed by atoms with van der Waals surface area (Å²) in [6.45, 7) is 0. The van der Waals surface area contributed by atoms with Crippen LogP contribution in [-0.4, -0.2) is 23.0 Å². The third kappa shape index (κ3) is 3.51. The Kier molecular flexibility index (Phi) is 4.35. The quantitative estimate of drug-likeness (QED) is 0.473. The number of aromatic carboxylic acids is 1. The second-order valence-corrected chi connectivity index (χ2v) is 3.94. The van der Waals surface area contributed by atoms with Gasteiger partial charge in [-0.3, -0.25) is 0 Å². The zero-order valence-electron chi connectivity index (χ0n) is 8.89. The molecule has 0 aromatic heterocycles. The lowest BCUT2D eigenvalue weighted by Gasteiger charge is -2.05. The summed E-state index contributed by atoms with van der Waals surface area (Å²) in [5, 5.41) is 9.18. The molecule has 0 atom stereocenters. The Morgan fingerprint density at radius 3 is 2.33 bits per heavy atom. The van der Waals surface area contributed by atoms with Gasteiger partial charge in [0.1, 0.15) is 5.69 Å². The van der Waals surface area contributed by atoms with Crippen LogP contribution in [0.1, 0.15) is 10.4 Å². The molecule has 0 saturated heterocycles. The van der Waals surface area contributed by atoms with Crippen LogP contribution in [0, 0.1) is 0 Å². The topological polar surface area (TPSA) is 140 Å². The van der Waals surface area contributed by atoms with Crippen molar-refractivity contribution < 1.29 is 9.90 Å². The van der Waals surface area contributed by atoms with Gasteiger partial charge in [-0.1, -0.05) is 23.2 Å². The van der Waals surface area contributed by atoms with Gasteiger partial charge in [0, 0.05) is 5.02 Å². The fourth-order valence-electron chi connectivity index (χ4n) is 1.11. The molecule has 0 fully saturated rings. The van der Waals surface area contributed by atoms with Crippen LogP contribution in [0.15, 0.2) is 22.1 Å². The van der Waals surface area contributed by atoms with E-state index < -0.39 is 5.97 Å². The number of hydrogen-bond acceptors (Lipinski definition) is 2. The zero-order valence-corrected chi connectivity index (χ0v) is 10.4. The van der Waals surface area contributed by atoms with E-state index in [0.29, 0.717) is 0 Å². The number of benzene rings is 1. The predicted octanol–water partition coefficient (Wildman–Crippen LogP) is 0.911. The number of nitrogens with two attached hydrogens (primary N) is 3. The summed E-state index contributed by atoms with van der Waals surface area (Å²) in [7, 11) is 0. The van der Waals surface area contributed by atoms with Crippen LogP contribution in [0.3, 0.4) is 0 Å². The minimum absolute atomic E-state index is 0.0219. The molecule has 0 amide bonds. The molecule has 0 aliphatic carbocycles. The van der Waals surface area contributed by atoms with Gasteiger partial charge in [0.05, 0.1) is 10.6 Å². The first-order valence-electron chi connectivity index (χ1n) is 4.47. The van der Waals surface area contributed by atoms with Crippen molar-refractivity contribution in [1.82, 2.24) is 0 Å². The summed E-state index contributed by atoms with van der Waals surface area (Å²) in [5.74, 6) is -1.88. The average molecular weight is 290 g/mol. The SMILES string of the molecule is NC(N)=NC(N)=Nc1c(Cl)cc(Cl)cc1C(=O)O. The number of hydrogen-bond donors (Lipinski definition) is 4. The maximum Gasteiger partial charge on any atom is 0.338 e. The van der Waals surface area contributed by atoms with E-state index >= 15 is 0 Å². The molecule has 1 aromatic carbocycles. The molecular formula is C9H9Cl2N5O2. The van der Waals surface area contributed by atoms with Crippen molar-refractivity contribution in [2.45, 2.75) is 0 Å². The second-order valence-electron chi connectivity index (χ2n) is 3.10. The molecule has 9 heteroatoms. The van der Waals surface area contributed by atoms with E-state index in [0.717, 1.165) is 0 Å². The van der Waals surface area contributed by atoms with Crippen molar-refractivity contribution in [3.63, 3.8) is 0 Å². The first-order valence-corrected chi connectivity index (χ1v) is 5.23.